The Morgan fingerprint density at radius 3 is 3.12 bits per heavy atom. The van der Waals surface area contributed by atoms with Gasteiger partial charge in [0.1, 0.15) is 11.9 Å². The number of ether oxygens (including phenoxy) is 1. The Kier molecular flexibility index (Phi) is 4.33. The minimum Gasteiger partial charge on any atom is -0.368 e. The van der Waals surface area contributed by atoms with Crippen molar-refractivity contribution < 1.29 is 9.53 Å². The zero-order chi connectivity index (χ0) is 17.4. The fourth-order valence-electron chi connectivity index (χ4n) is 3.80. The van der Waals surface area contributed by atoms with Crippen molar-refractivity contribution in [3.63, 3.8) is 0 Å². The van der Waals surface area contributed by atoms with Gasteiger partial charge in [0.2, 0.25) is 5.91 Å². The zero-order valence-electron chi connectivity index (χ0n) is 14.8. The van der Waals surface area contributed by atoms with Crippen molar-refractivity contribution in [3.05, 3.63) is 36.2 Å². The molecule has 4 rings (SSSR count). The van der Waals surface area contributed by atoms with Crippen LogP contribution in [0.5, 0.6) is 0 Å². The molecule has 4 atom stereocenters. The molecule has 3 heterocycles. The second-order valence-electron chi connectivity index (χ2n) is 7.02. The molecule has 0 spiro atoms. The Bertz CT molecular complexity index is 752. The minimum absolute atomic E-state index is 0.0101. The molecule has 1 aliphatic heterocycles. The summed E-state index contributed by atoms with van der Waals surface area (Å²) < 4.78 is 9.86. The third-order valence-corrected chi connectivity index (χ3v) is 5.27. The number of carbonyl (C=O) groups excluding carboxylic acids is 1. The van der Waals surface area contributed by atoms with Gasteiger partial charge in [0.15, 0.2) is 0 Å². The van der Waals surface area contributed by atoms with E-state index in [-0.39, 0.29) is 24.0 Å². The van der Waals surface area contributed by atoms with Crippen LogP contribution in [0, 0.1) is 5.92 Å². The summed E-state index contributed by atoms with van der Waals surface area (Å²) in [6, 6.07) is -0.0101. The third-order valence-electron chi connectivity index (χ3n) is 5.27. The quantitative estimate of drug-likeness (QED) is 0.898. The molecule has 0 radical (unpaired) electrons. The maximum Gasteiger partial charge on any atom is 0.224 e. The number of hydrogen-bond donors (Lipinski definition) is 1. The molecule has 0 bridgehead atoms. The van der Waals surface area contributed by atoms with Gasteiger partial charge in [-0.3, -0.25) is 9.48 Å². The van der Waals surface area contributed by atoms with Crippen LogP contribution >= 0.6 is 0 Å². The van der Waals surface area contributed by atoms with Crippen molar-refractivity contribution in [1.82, 2.24) is 24.6 Å². The summed E-state index contributed by atoms with van der Waals surface area (Å²) in [4.78, 5) is 17.2. The molecular weight excluding hydrogens is 318 g/mol. The molecule has 0 unspecified atom stereocenters. The first kappa shape index (κ1) is 16.3. The van der Waals surface area contributed by atoms with E-state index < -0.39 is 0 Å². The molecule has 25 heavy (non-hydrogen) atoms. The van der Waals surface area contributed by atoms with Gasteiger partial charge in [0.25, 0.3) is 0 Å². The number of aromatic nitrogens is 4. The zero-order valence-corrected chi connectivity index (χ0v) is 14.8. The highest BCUT2D eigenvalue weighted by Gasteiger charge is 2.46. The summed E-state index contributed by atoms with van der Waals surface area (Å²) in [7, 11) is 1.90. The van der Waals surface area contributed by atoms with E-state index in [0.717, 1.165) is 43.8 Å². The Labute approximate surface area is 147 Å². The van der Waals surface area contributed by atoms with E-state index in [2.05, 4.69) is 26.9 Å². The lowest BCUT2D eigenvalue weighted by atomic mass is 10.0. The molecule has 1 saturated carbocycles. The molecule has 7 nitrogen and oxygen atoms in total. The van der Waals surface area contributed by atoms with Crippen molar-refractivity contribution in [3.8, 4) is 0 Å². The van der Waals surface area contributed by atoms with Crippen LogP contribution in [0.15, 0.2) is 24.8 Å². The number of imidazole rings is 1. The van der Waals surface area contributed by atoms with Crippen LogP contribution in [0.1, 0.15) is 49.6 Å². The SMILES string of the molecule is CCn1ccnc1[C@H]1OCCC[C@@H]1NC(=O)[C@@H]1C[C@H]1c1cnn(C)c1. The standard InChI is InChI=1S/C18H25N5O2/c1-3-23-7-6-19-17(23)16-15(5-4-8-25-16)21-18(24)14-9-13(14)12-10-20-22(2)11-12/h6-7,10-11,13-16H,3-5,8-9H2,1-2H3,(H,21,24)/t13-,14+,15-,16-/m0/s1. The van der Waals surface area contributed by atoms with Gasteiger partial charge in [-0.1, -0.05) is 0 Å². The number of rotatable bonds is 5. The van der Waals surface area contributed by atoms with E-state index in [9.17, 15) is 4.79 Å². The van der Waals surface area contributed by atoms with Crippen LogP contribution in [0.4, 0.5) is 0 Å². The van der Waals surface area contributed by atoms with E-state index in [0.29, 0.717) is 5.92 Å². The summed E-state index contributed by atoms with van der Waals surface area (Å²) in [5.74, 6) is 1.39. The van der Waals surface area contributed by atoms with Gasteiger partial charge in [0, 0.05) is 44.7 Å². The number of carbonyl (C=O) groups is 1. The van der Waals surface area contributed by atoms with E-state index >= 15 is 0 Å². The average Bonchev–Trinajstić information content (AvgIpc) is 3.07. The molecule has 1 amide bonds. The Balaban J connectivity index is 1.43. The number of nitrogens with zero attached hydrogens (tertiary/aromatic N) is 4. The fourth-order valence-corrected chi connectivity index (χ4v) is 3.80. The van der Waals surface area contributed by atoms with Gasteiger partial charge in [-0.2, -0.15) is 5.10 Å². The first-order chi connectivity index (χ1) is 12.2. The molecule has 134 valence electrons. The second-order valence-corrected chi connectivity index (χ2v) is 7.02. The molecule has 1 aliphatic carbocycles. The van der Waals surface area contributed by atoms with Crippen molar-refractivity contribution in [1.29, 1.82) is 0 Å². The van der Waals surface area contributed by atoms with Gasteiger partial charge in [0.05, 0.1) is 12.2 Å². The number of aryl methyl sites for hydroxylation is 2. The van der Waals surface area contributed by atoms with Gasteiger partial charge >= 0.3 is 0 Å². The lowest BCUT2D eigenvalue weighted by Crippen LogP contribution is -2.44. The topological polar surface area (TPSA) is 74.0 Å². The second kappa shape index (κ2) is 6.63. The molecule has 2 aromatic heterocycles. The fraction of sp³-hybridized carbons (Fsp3) is 0.611. The molecular formula is C18H25N5O2. The molecule has 1 N–H and O–H groups in total. The maximum atomic E-state index is 12.7. The predicted molar refractivity (Wildman–Crippen MR) is 91.8 cm³/mol. The molecule has 2 aromatic rings. The predicted octanol–water partition coefficient (Wildman–Crippen LogP) is 1.78. The van der Waals surface area contributed by atoms with Crippen LogP contribution < -0.4 is 5.32 Å². The molecule has 2 aliphatic rings. The third kappa shape index (κ3) is 3.20. The summed E-state index contributed by atoms with van der Waals surface area (Å²) in [6.45, 7) is 3.65. The van der Waals surface area contributed by atoms with Crippen LogP contribution in [0.2, 0.25) is 0 Å². The first-order valence-corrected chi connectivity index (χ1v) is 9.09. The lowest BCUT2D eigenvalue weighted by Gasteiger charge is -2.32. The Hall–Kier alpha value is -2.15. The maximum absolute atomic E-state index is 12.7. The van der Waals surface area contributed by atoms with Gasteiger partial charge in [-0.15, -0.1) is 0 Å². The normalized spacial score (nSPS) is 28.7. The minimum atomic E-state index is -0.164. The van der Waals surface area contributed by atoms with Gasteiger partial charge < -0.3 is 14.6 Å². The van der Waals surface area contributed by atoms with Crippen molar-refractivity contribution >= 4 is 5.91 Å². The molecule has 0 aromatic carbocycles. The summed E-state index contributed by atoms with van der Waals surface area (Å²) in [5.41, 5.74) is 1.15. The highest BCUT2D eigenvalue weighted by Crippen LogP contribution is 2.47. The summed E-state index contributed by atoms with van der Waals surface area (Å²) in [5, 5.41) is 7.44. The highest BCUT2D eigenvalue weighted by molar-refractivity contribution is 5.83. The van der Waals surface area contributed by atoms with Crippen LogP contribution in [-0.4, -0.2) is 37.9 Å². The van der Waals surface area contributed by atoms with Crippen LogP contribution in [0.25, 0.3) is 0 Å². The van der Waals surface area contributed by atoms with Gasteiger partial charge in [-0.05, 0) is 37.7 Å². The van der Waals surface area contributed by atoms with Gasteiger partial charge in [-0.25, -0.2) is 4.98 Å². The molecule has 2 fully saturated rings. The van der Waals surface area contributed by atoms with Crippen molar-refractivity contribution in [2.45, 2.75) is 50.8 Å². The van der Waals surface area contributed by atoms with E-state index in [1.807, 2.05) is 25.6 Å². The van der Waals surface area contributed by atoms with E-state index in [4.69, 9.17) is 4.74 Å². The largest absolute Gasteiger partial charge is 0.368 e. The van der Waals surface area contributed by atoms with Crippen LogP contribution in [-0.2, 0) is 23.1 Å². The van der Waals surface area contributed by atoms with E-state index in [1.165, 1.54) is 0 Å². The van der Waals surface area contributed by atoms with E-state index in [1.54, 1.807) is 10.9 Å². The van der Waals surface area contributed by atoms with Crippen LogP contribution in [0.3, 0.4) is 0 Å². The number of hydrogen-bond acceptors (Lipinski definition) is 4. The number of nitrogens with one attached hydrogen (secondary N) is 1. The summed E-state index contributed by atoms with van der Waals surface area (Å²) >= 11 is 0. The summed E-state index contributed by atoms with van der Waals surface area (Å²) in [6.07, 6.45) is 10.3. The first-order valence-electron chi connectivity index (χ1n) is 9.09. The molecule has 1 saturated heterocycles. The van der Waals surface area contributed by atoms with Crippen molar-refractivity contribution in [2.24, 2.45) is 13.0 Å². The lowest BCUT2D eigenvalue weighted by molar-refractivity contribution is -0.125. The molecule has 7 heteroatoms. The average molecular weight is 343 g/mol. The number of amides is 1. The monoisotopic (exact) mass is 343 g/mol. The smallest absolute Gasteiger partial charge is 0.224 e. The Morgan fingerprint density at radius 2 is 2.36 bits per heavy atom. The Morgan fingerprint density at radius 1 is 1.48 bits per heavy atom. The highest BCUT2D eigenvalue weighted by atomic mass is 16.5. The van der Waals surface area contributed by atoms with Crippen molar-refractivity contribution in [2.75, 3.05) is 6.61 Å².